The number of carbonyl (C=O) groups excluding carboxylic acids is 1. The highest BCUT2D eigenvalue weighted by atomic mass is 16.1. The van der Waals surface area contributed by atoms with Crippen molar-refractivity contribution < 1.29 is 4.79 Å². The van der Waals surface area contributed by atoms with Crippen LogP contribution in [0.25, 0.3) is 0 Å². The summed E-state index contributed by atoms with van der Waals surface area (Å²) in [5, 5.41) is 3.33. The summed E-state index contributed by atoms with van der Waals surface area (Å²) in [6.07, 6.45) is 9.75. The molecule has 3 heteroatoms. The summed E-state index contributed by atoms with van der Waals surface area (Å²) in [7, 11) is 0. The number of nitrogens with zero attached hydrogens (tertiary/aromatic N) is 1. The van der Waals surface area contributed by atoms with E-state index in [-0.39, 0.29) is 5.92 Å². The highest BCUT2D eigenvalue weighted by Crippen LogP contribution is 2.21. The molecule has 0 radical (unpaired) electrons. The van der Waals surface area contributed by atoms with Crippen LogP contribution in [-0.2, 0) is 4.79 Å². The maximum atomic E-state index is 12.4. The zero-order valence-corrected chi connectivity index (χ0v) is 13.4. The Balaban J connectivity index is 1.71. The van der Waals surface area contributed by atoms with E-state index in [1.807, 2.05) is 0 Å². The molecule has 0 spiro atoms. The molecule has 0 atom stereocenters. The maximum Gasteiger partial charge on any atom is 0.223 e. The van der Waals surface area contributed by atoms with Gasteiger partial charge in [0, 0.05) is 18.5 Å². The summed E-state index contributed by atoms with van der Waals surface area (Å²) in [5.74, 6) is 1.33. The van der Waals surface area contributed by atoms with Crippen LogP contribution in [0.2, 0.25) is 0 Å². The van der Waals surface area contributed by atoms with Crippen molar-refractivity contribution in [3.63, 3.8) is 0 Å². The van der Waals surface area contributed by atoms with Crippen LogP contribution in [0.5, 0.6) is 0 Å². The first kappa shape index (κ1) is 15.8. The Morgan fingerprint density at radius 1 is 1.05 bits per heavy atom. The van der Waals surface area contributed by atoms with Gasteiger partial charge in [0.25, 0.3) is 0 Å². The Kier molecular flexibility index (Phi) is 6.34. The lowest BCUT2D eigenvalue weighted by Gasteiger charge is -2.33. The third kappa shape index (κ3) is 5.08. The first-order valence-corrected chi connectivity index (χ1v) is 8.68. The molecule has 116 valence electrons. The smallest absolute Gasteiger partial charge is 0.223 e. The largest absolute Gasteiger partial charge is 0.353 e. The van der Waals surface area contributed by atoms with Crippen molar-refractivity contribution in [2.45, 2.75) is 71.3 Å². The van der Waals surface area contributed by atoms with Crippen LogP contribution in [0.15, 0.2) is 0 Å². The molecule has 1 N–H and O–H groups in total. The lowest BCUT2D eigenvalue weighted by molar-refractivity contribution is -0.127. The van der Waals surface area contributed by atoms with Gasteiger partial charge in [-0.3, -0.25) is 4.79 Å². The molecule has 0 aromatic rings. The number of amides is 1. The second kappa shape index (κ2) is 8.02. The minimum absolute atomic E-state index is 0.265. The SMILES string of the molecule is CC(C)CN1CCC(C(=O)NC2CCCCCC2)CC1. The predicted octanol–water partition coefficient (Wildman–Crippen LogP) is 3.19. The number of carbonyl (C=O) groups is 1. The van der Waals surface area contributed by atoms with E-state index < -0.39 is 0 Å². The van der Waals surface area contributed by atoms with Gasteiger partial charge in [0.15, 0.2) is 0 Å². The molecule has 0 unspecified atom stereocenters. The van der Waals surface area contributed by atoms with E-state index >= 15 is 0 Å². The van der Waals surface area contributed by atoms with Crippen LogP contribution in [-0.4, -0.2) is 36.5 Å². The summed E-state index contributed by atoms with van der Waals surface area (Å²) >= 11 is 0. The van der Waals surface area contributed by atoms with Crippen LogP contribution in [0.4, 0.5) is 0 Å². The van der Waals surface area contributed by atoms with E-state index in [1.165, 1.54) is 45.1 Å². The molecule has 2 rings (SSSR count). The monoisotopic (exact) mass is 280 g/mol. The quantitative estimate of drug-likeness (QED) is 0.802. The Morgan fingerprint density at radius 3 is 2.20 bits per heavy atom. The zero-order valence-electron chi connectivity index (χ0n) is 13.4. The van der Waals surface area contributed by atoms with Crippen molar-refractivity contribution in [3.05, 3.63) is 0 Å². The Morgan fingerprint density at radius 2 is 1.65 bits per heavy atom. The Labute approximate surface area is 124 Å². The molecular formula is C17H32N2O. The van der Waals surface area contributed by atoms with E-state index in [0.717, 1.165) is 31.8 Å². The molecule has 2 fully saturated rings. The molecule has 0 bridgehead atoms. The van der Waals surface area contributed by atoms with Crippen LogP contribution >= 0.6 is 0 Å². The molecule has 1 aliphatic heterocycles. The average molecular weight is 280 g/mol. The molecule has 1 aliphatic carbocycles. The topological polar surface area (TPSA) is 32.3 Å². The van der Waals surface area contributed by atoms with Crippen LogP contribution in [0.3, 0.4) is 0 Å². The summed E-state index contributed by atoms with van der Waals surface area (Å²) in [6, 6.07) is 0.457. The molecule has 20 heavy (non-hydrogen) atoms. The molecular weight excluding hydrogens is 248 g/mol. The Bertz CT molecular complexity index is 287. The fourth-order valence-corrected chi connectivity index (χ4v) is 3.64. The fourth-order valence-electron chi connectivity index (χ4n) is 3.64. The van der Waals surface area contributed by atoms with Gasteiger partial charge in [0.1, 0.15) is 0 Å². The van der Waals surface area contributed by atoms with Gasteiger partial charge in [0.05, 0.1) is 0 Å². The van der Waals surface area contributed by atoms with E-state index in [9.17, 15) is 4.79 Å². The van der Waals surface area contributed by atoms with Crippen LogP contribution in [0.1, 0.15) is 65.2 Å². The maximum absolute atomic E-state index is 12.4. The fraction of sp³-hybridized carbons (Fsp3) is 0.941. The third-order valence-corrected chi connectivity index (χ3v) is 4.78. The average Bonchev–Trinajstić information content (AvgIpc) is 2.67. The van der Waals surface area contributed by atoms with Crippen LogP contribution in [0, 0.1) is 11.8 Å². The number of piperidine rings is 1. The molecule has 1 saturated carbocycles. The zero-order chi connectivity index (χ0) is 14.4. The third-order valence-electron chi connectivity index (χ3n) is 4.78. The Hall–Kier alpha value is -0.570. The van der Waals surface area contributed by atoms with E-state index in [4.69, 9.17) is 0 Å². The molecule has 1 saturated heterocycles. The van der Waals surface area contributed by atoms with Crippen molar-refractivity contribution in [1.29, 1.82) is 0 Å². The molecule has 1 heterocycles. The molecule has 1 amide bonds. The highest BCUT2D eigenvalue weighted by molar-refractivity contribution is 5.79. The van der Waals surface area contributed by atoms with Crippen molar-refractivity contribution in [1.82, 2.24) is 10.2 Å². The number of hydrogen-bond donors (Lipinski definition) is 1. The van der Waals surface area contributed by atoms with Gasteiger partial charge in [-0.05, 0) is 44.7 Å². The molecule has 0 aromatic carbocycles. The summed E-state index contributed by atoms with van der Waals surface area (Å²) < 4.78 is 0. The summed E-state index contributed by atoms with van der Waals surface area (Å²) in [4.78, 5) is 14.9. The van der Waals surface area contributed by atoms with Crippen molar-refractivity contribution in [2.75, 3.05) is 19.6 Å². The number of likely N-dealkylation sites (tertiary alicyclic amines) is 1. The van der Waals surface area contributed by atoms with Gasteiger partial charge in [-0.15, -0.1) is 0 Å². The highest BCUT2D eigenvalue weighted by Gasteiger charge is 2.26. The van der Waals surface area contributed by atoms with Gasteiger partial charge in [-0.25, -0.2) is 0 Å². The predicted molar refractivity (Wildman–Crippen MR) is 83.6 cm³/mol. The number of nitrogens with one attached hydrogen (secondary N) is 1. The minimum atomic E-state index is 0.265. The van der Waals surface area contributed by atoms with E-state index in [0.29, 0.717) is 11.9 Å². The second-order valence-electron chi connectivity index (χ2n) is 7.17. The van der Waals surface area contributed by atoms with Crippen molar-refractivity contribution in [3.8, 4) is 0 Å². The molecule has 3 nitrogen and oxygen atoms in total. The lowest BCUT2D eigenvalue weighted by atomic mass is 9.94. The van der Waals surface area contributed by atoms with Crippen molar-refractivity contribution in [2.24, 2.45) is 11.8 Å². The van der Waals surface area contributed by atoms with Gasteiger partial charge < -0.3 is 10.2 Å². The van der Waals surface area contributed by atoms with Gasteiger partial charge in [0.2, 0.25) is 5.91 Å². The van der Waals surface area contributed by atoms with Crippen LogP contribution < -0.4 is 5.32 Å². The summed E-state index contributed by atoms with van der Waals surface area (Å²) in [5.41, 5.74) is 0. The number of rotatable bonds is 4. The van der Waals surface area contributed by atoms with Gasteiger partial charge >= 0.3 is 0 Å². The normalized spacial score (nSPS) is 23.8. The van der Waals surface area contributed by atoms with E-state index in [1.54, 1.807) is 0 Å². The molecule has 0 aromatic heterocycles. The number of hydrogen-bond acceptors (Lipinski definition) is 2. The standard InChI is InChI=1S/C17H32N2O/c1-14(2)13-19-11-9-15(10-12-19)17(20)18-16-7-5-3-4-6-8-16/h14-16H,3-13H2,1-2H3,(H,18,20). The van der Waals surface area contributed by atoms with Gasteiger partial charge in [-0.2, -0.15) is 0 Å². The second-order valence-corrected chi connectivity index (χ2v) is 7.17. The summed E-state index contributed by atoms with van der Waals surface area (Å²) in [6.45, 7) is 7.91. The lowest BCUT2D eigenvalue weighted by Crippen LogP contribution is -2.44. The first-order valence-electron chi connectivity index (χ1n) is 8.68. The van der Waals surface area contributed by atoms with Crippen molar-refractivity contribution >= 4 is 5.91 Å². The first-order chi connectivity index (χ1) is 9.65. The molecule has 2 aliphatic rings. The minimum Gasteiger partial charge on any atom is -0.353 e. The van der Waals surface area contributed by atoms with E-state index in [2.05, 4.69) is 24.1 Å². The van der Waals surface area contributed by atoms with Gasteiger partial charge in [-0.1, -0.05) is 39.5 Å².